The number of anilines is 1. The summed E-state index contributed by atoms with van der Waals surface area (Å²) in [6.45, 7) is 0. The molecule has 1 saturated carbocycles. The highest BCUT2D eigenvalue weighted by atomic mass is 32.1. The van der Waals surface area contributed by atoms with E-state index in [9.17, 15) is 0 Å². The summed E-state index contributed by atoms with van der Waals surface area (Å²) in [7, 11) is 5.16. The van der Waals surface area contributed by atoms with Gasteiger partial charge in [-0.05, 0) is 30.9 Å². The molecule has 1 aliphatic carbocycles. The Bertz CT molecular complexity index is 1600. The molecule has 6 rings (SSSR count). The van der Waals surface area contributed by atoms with Crippen LogP contribution in [-0.4, -0.2) is 45.9 Å². The fraction of sp³-hybridized carbons (Fsp3) is 0.276. The lowest BCUT2D eigenvalue weighted by atomic mass is 9.99. The smallest absolute Gasteiger partial charge is 0.199 e. The van der Waals surface area contributed by atoms with Crippen molar-refractivity contribution in [1.29, 1.82) is 0 Å². The number of methoxy groups -OCH3 is 2. The maximum atomic E-state index is 15.7. The lowest BCUT2D eigenvalue weighted by molar-refractivity contribution is 0.108. The SMILES string of the molecule is COc1cccc(-c2sc3nc(-c4nccn4C)nc(NC4CCC(OC)C4)c3c2-c2ccccc2)c1F. The zero-order valence-corrected chi connectivity index (χ0v) is 22.3. The van der Waals surface area contributed by atoms with Gasteiger partial charge >= 0.3 is 0 Å². The fourth-order valence-electron chi connectivity index (χ4n) is 5.18. The predicted octanol–water partition coefficient (Wildman–Crippen LogP) is 6.55. The van der Waals surface area contributed by atoms with E-state index in [1.165, 1.54) is 18.4 Å². The predicted molar refractivity (Wildman–Crippen MR) is 149 cm³/mol. The molecule has 0 bridgehead atoms. The summed E-state index contributed by atoms with van der Waals surface area (Å²) >= 11 is 1.45. The molecule has 5 aromatic rings. The number of rotatable bonds is 7. The fourth-order valence-corrected chi connectivity index (χ4v) is 6.39. The van der Waals surface area contributed by atoms with Crippen LogP contribution in [0, 0.1) is 5.82 Å². The molecular weight excluding hydrogens is 501 g/mol. The third-order valence-corrected chi connectivity index (χ3v) is 8.24. The number of aryl methyl sites for hydroxylation is 1. The molecule has 2 atom stereocenters. The van der Waals surface area contributed by atoms with E-state index in [1.54, 1.807) is 25.4 Å². The topological polar surface area (TPSA) is 74.1 Å². The molecule has 3 heterocycles. The van der Waals surface area contributed by atoms with Crippen molar-refractivity contribution >= 4 is 27.4 Å². The summed E-state index contributed by atoms with van der Waals surface area (Å²) in [6.07, 6.45) is 6.68. The molecule has 0 amide bonds. The highest BCUT2D eigenvalue weighted by Crippen LogP contribution is 2.48. The maximum Gasteiger partial charge on any atom is 0.199 e. The van der Waals surface area contributed by atoms with Crippen molar-refractivity contribution in [2.24, 2.45) is 7.05 Å². The van der Waals surface area contributed by atoms with Gasteiger partial charge in [-0.2, -0.15) is 0 Å². The van der Waals surface area contributed by atoms with E-state index in [-0.39, 0.29) is 17.9 Å². The number of hydrogen-bond donors (Lipinski definition) is 1. The number of benzene rings is 2. The summed E-state index contributed by atoms with van der Waals surface area (Å²) in [6, 6.07) is 15.5. The number of halogens is 1. The number of thiophene rings is 1. The molecule has 9 heteroatoms. The van der Waals surface area contributed by atoms with Crippen LogP contribution in [0.2, 0.25) is 0 Å². The van der Waals surface area contributed by atoms with Crippen LogP contribution in [0.15, 0.2) is 60.9 Å². The first-order valence-electron chi connectivity index (χ1n) is 12.6. The Balaban J connectivity index is 1.63. The normalized spacial score (nSPS) is 17.3. The largest absolute Gasteiger partial charge is 0.494 e. The Labute approximate surface area is 224 Å². The van der Waals surface area contributed by atoms with Crippen LogP contribution in [0.5, 0.6) is 5.75 Å². The van der Waals surface area contributed by atoms with E-state index >= 15 is 4.39 Å². The van der Waals surface area contributed by atoms with E-state index in [1.807, 2.05) is 54.2 Å². The van der Waals surface area contributed by atoms with Crippen LogP contribution >= 0.6 is 11.3 Å². The van der Waals surface area contributed by atoms with E-state index in [4.69, 9.17) is 19.4 Å². The zero-order valence-electron chi connectivity index (χ0n) is 21.4. The highest BCUT2D eigenvalue weighted by Gasteiger charge is 2.29. The molecule has 0 radical (unpaired) electrons. The lowest BCUT2D eigenvalue weighted by Gasteiger charge is -2.16. The van der Waals surface area contributed by atoms with Gasteiger partial charge in [-0.25, -0.2) is 19.3 Å². The molecule has 0 spiro atoms. The minimum Gasteiger partial charge on any atom is -0.494 e. The number of fused-ring (bicyclic) bond motifs is 1. The first kappa shape index (κ1) is 24.5. The second kappa shape index (κ2) is 10.2. The molecule has 1 N–H and O–H groups in total. The molecule has 2 unspecified atom stereocenters. The van der Waals surface area contributed by atoms with Crippen LogP contribution in [-0.2, 0) is 11.8 Å². The van der Waals surface area contributed by atoms with Crippen molar-refractivity contribution in [2.75, 3.05) is 19.5 Å². The van der Waals surface area contributed by atoms with Crippen molar-refractivity contribution in [3.05, 3.63) is 66.7 Å². The van der Waals surface area contributed by atoms with Crippen molar-refractivity contribution in [1.82, 2.24) is 19.5 Å². The number of nitrogens with one attached hydrogen (secondary N) is 1. The molecule has 3 aromatic heterocycles. The zero-order chi connectivity index (χ0) is 26.2. The van der Waals surface area contributed by atoms with Crippen LogP contribution in [0.4, 0.5) is 10.2 Å². The van der Waals surface area contributed by atoms with Crippen molar-refractivity contribution < 1.29 is 13.9 Å². The van der Waals surface area contributed by atoms with Crippen LogP contribution in [0.1, 0.15) is 19.3 Å². The van der Waals surface area contributed by atoms with Crippen molar-refractivity contribution in [3.63, 3.8) is 0 Å². The molecule has 0 aliphatic heterocycles. The third-order valence-electron chi connectivity index (χ3n) is 7.12. The Morgan fingerprint density at radius 3 is 2.61 bits per heavy atom. The molecule has 0 saturated heterocycles. The standard InChI is InChI=1S/C29H28FN5O2S/c1-35-15-14-31-28(35)27-33-26(32-18-12-13-19(16-18)36-2)23-22(17-8-5-4-6-9-17)25(38-29(23)34-27)20-10-7-11-21(37-3)24(20)30/h4-11,14-15,18-19H,12-13,16H2,1-3H3,(H,32,33,34). The first-order chi connectivity index (χ1) is 18.6. The highest BCUT2D eigenvalue weighted by molar-refractivity contribution is 7.22. The third kappa shape index (κ3) is 4.31. The van der Waals surface area contributed by atoms with Crippen molar-refractivity contribution in [2.45, 2.75) is 31.4 Å². The molecule has 38 heavy (non-hydrogen) atoms. The molecule has 194 valence electrons. The van der Waals surface area contributed by atoms with Gasteiger partial charge in [0.15, 0.2) is 23.2 Å². The molecule has 2 aromatic carbocycles. The van der Waals surface area contributed by atoms with Gasteiger partial charge < -0.3 is 19.4 Å². The summed E-state index contributed by atoms with van der Waals surface area (Å²) in [5.41, 5.74) is 2.33. The second-order valence-corrected chi connectivity index (χ2v) is 10.4. The Kier molecular flexibility index (Phi) is 6.55. The molecular formula is C29H28FN5O2S. The van der Waals surface area contributed by atoms with Gasteiger partial charge in [0.05, 0.1) is 18.6 Å². The van der Waals surface area contributed by atoms with Gasteiger partial charge in [-0.1, -0.05) is 42.5 Å². The number of ether oxygens (including phenoxy) is 2. The Morgan fingerprint density at radius 2 is 1.89 bits per heavy atom. The first-order valence-corrected chi connectivity index (χ1v) is 13.4. The average molecular weight is 530 g/mol. The quantitative estimate of drug-likeness (QED) is 0.258. The van der Waals surface area contributed by atoms with Crippen molar-refractivity contribution in [3.8, 4) is 39.0 Å². The molecule has 1 aliphatic rings. The minimum atomic E-state index is -0.399. The van der Waals surface area contributed by atoms with Gasteiger partial charge in [0.2, 0.25) is 0 Å². The van der Waals surface area contributed by atoms with Gasteiger partial charge in [0, 0.05) is 48.6 Å². The van der Waals surface area contributed by atoms with Crippen LogP contribution in [0.3, 0.4) is 0 Å². The number of hydrogen-bond acceptors (Lipinski definition) is 7. The minimum absolute atomic E-state index is 0.202. The number of aromatic nitrogens is 4. The van der Waals surface area contributed by atoms with E-state index in [2.05, 4.69) is 10.3 Å². The number of imidazole rings is 1. The van der Waals surface area contributed by atoms with Gasteiger partial charge in [-0.15, -0.1) is 11.3 Å². The lowest BCUT2D eigenvalue weighted by Crippen LogP contribution is -2.18. The summed E-state index contributed by atoms with van der Waals surface area (Å²) in [4.78, 5) is 16.0. The van der Waals surface area contributed by atoms with E-state index in [0.29, 0.717) is 17.2 Å². The Morgan fingerprint density at radius 1 is 1.05 bits per heavy atom. The summed E-state index contributed by atoms with van der Waals surface area (Å²) in [5, 5.41) is 4.57. The van der Waals surface area contributed by atoms with Crippen LogP contribution in [0.25, 0.3) is 43.4 Å². The Hall–Kier alpha value is -3.82. The monoisotopic (exact) mass is 529 g/mol. The van der Waals surface area contributed by atoms with E-state index < -0.39 is 5.82 Å². The van der Waals surface area contributed by atoms with Crippen LogP contribution < -0.4 is 10.1 Å². The van der Waals surface area contributed by atoms with Gasteiger partial charge in [0.25, 0.3) is 0 Å². The number of nitrogens with zero attached hydrogens (tertiary/aromatic N) is 4. The van der Waals surface area contributed by atoms with Gasteiger partial charge in [0.1, 0.15) is 10.6 Å². The molecule has 7 nitrogen and oxygen atoms in total. The molecule has 1 fully saturated rings. The maximum absolute atomic E-state index is 15.7. The van der Waals surface area contributed by atoms with Gasteiger partial charge in [-0.3, -0.25) is 0 Å². The second-order valence-electron chi connectivity index (χ2n) is 9.44. The van der Waals surface area contributed by atoms with E-state index in [0.717, 1.165) is 51.3 Å². The average Bonchev–Trinajstić information content (AvgIpc) is 3.67. The summed E-state index contributed by atoms with van der Waals surface area (Å²) in [5.74, 6) is 1.71. The summed E-state index contributed by atoms with van der Waals surface area (Å²) < 4.78 is 28.5.